The molecule has 3 atom stereocenters. The Morgan fingerprint density at radius 2 is 2.12 bits per heavy atom. The first-order valence-corrected chi connectivity index (χ1v) is 5.84. The molecule has 16 heavy (non-hydrogen) atoms. The van der Waals surface area contributed by atoms with Crippen molar-refractivity contribution in [3.63, 3.8) is 0 Å². The zero-order chi connectivity index (χ0) is 12.1. The first-order valence-electron chi connectivity index (χ1n) is 5.46. The summed E-state index contributed by atoms with van der Waals surface area (Å²) in [5.74, 6) is 0.414. The minimum atomic E-state index is -0.254. The van der Waals surface area contributed by atoms with Crippen LogP contribution in [0.15, 0.2) is 30.4 Å². The molecule has 0 nitrogen and oxygen atoms in total. The highest BCUT2D eigenvalue weighted by atomic mass is 35.5. The van der Waals surface area contributed by atoms with Gasteiger partial charge in [0.05, 0.1) is 4.87 Å². The van der Waals surface area contributed by atoms with Crippen molar-refractivity contribution in [1.82, 2.24) is 0 Å². The van der Waals surface area contributed by atoms with Crippen molar-refractivity contribution in [2.24, 2.45) is 5.92 Å². The maximum Gasteiger partial charge on any atom is 0.126 e. The van der Waals surface area contributed by atoms with Gasteiger partial charge in [-0.3, -0.25) is 0 Å². The zero-order valence-electron chi connectivity index (χ0n) is 9.85. The van der Waals surface area contributed by atoms with Crippen LogP contribution in [0.2, 0.25) is 0 Å². The van der Waals surface area contributed by atoms with Gasteiger partial charge in [-0.1, -0.05) is 24.3 Å². The summed E-state index contributed by atoms with van der Waals surface area (Å²) in [4.78, 5) is -0.254. The van der Waals surface area contributed by atoms with Gasteiger partial charge in [-0.2, -0.15) is 0 Å². The Labute approximate surface area is 101 Å². The molecule has 1 aliphatic rings. The summed E-state index contributed by atoms with van der Waals surface area (Å²) in [6.07, 6.45) is 0. The molecule has 2 rings (SSSR count). The van der Waals surface area contributed by atoms with E-state index in [4.69, 9.17) is 11.6 Å². The predicted octanol–water partition coefficient (Wildman–Crippen LogP) is 4.42. The van der Waals surface area contributed by atoms with Crippen LogP contribution in [0, 0.1) is 18.7 Å². The number of hydrogen-bond donors (Lipinski definition) is 0. The van der Waals surface area contributed by atoms with Crippen LogP contribution in [0.3, 0.4) is 0 Å². The maximum absolute atomic E-state index is 13.2. The Hall–Kier alpha value is -0.820. The van der Waals surface area contributed by atoms with E-state index >= 15 is 0 Å². The molecule has 0 aliphatic heterocycles. The third-order valence-electron chi connectivity index (χ3n) is 3.51. The lowest BCUT2D eigenvalue weighted by atomic mass is 10.0. The maximum atomic E-state index is 13.2. The second kappa shape index (κ2) is 3.59. The fraction of sp³-hybridized carbons (Fsp3) is 0.429. The number of allylic oxidation sites excluding steroid dienone is 1. The van der Waals surface area contributed by atoms with E-state index in [2.05, 4.69) is 6.58 Å². The molecule has 0 radical (unpaired) electrons. The summed E-state index contributed by atoms with van der Waals surface area (Å²) in [5, 5.41) is 0. The molecule has 1 aromatic carbocycles. The number of hydrogen-bond acceptors (Lipinski definition) is 0. The molecule has 1 aromatic rings. The molecule has 0 saturated heterocycles. The molecule has 1 saturated carbocycles. The van der Waals surface area contributed by atoms with Gasteiger partial charge in [0, 0.05) is 11.8 Å². The summed E-state index contributed by atoms with van der Waals surface area (Å²) in [5.41, 5.74) is 2.89. The highest BCUT2D eigenvalue weighted by Gasteiger charge is 2.61. The highest BCUT2D eigenvalue weighted by molar-refractivity contribution is 6.27. The molecule has 0 bridgehead atoms. The van der Waals surface area contributed by atoms with Crippen LogP contribution >= 0.6 is 11.6 Å². The Balaban J connectivity index is 2.33. The quantitative estimate of drug-likeness (QED) is 0.529. The van der Waals surface area contributed by atoms with E-state index in [-0.39, 0.29) is 16.6 Å². The second-order valence-corrected chi connectivity index (χ2v) is 5.78. The minimum absolute atomic E-state index is 0.160. The van der Waals surface area contributed by atoms with E-state index in [1.165, 1.54) is 6.07 Å². The molecule has 0 heterocycles. The van der Waals surface area contributed by atoms with Gasteiger partial charge >= 0.3 is 0 Å². The topological polar surface area (TPSA) is 0 Å². The fourth-order valence-electron chi connectivity index (χ4n) is 2.63. The van der Waals surface area contributed by atoms with Crippen molar-refractivity contribution in [1.29, 1.82) is 0 Å². The lowest BCUT2D eigenvalue weighted by Crippen LogP contribution is -1.96. The average molecular weight is 239 g/mol. The summed E-state index contributed by atoms with van der Waals surface area (Å²) in [7, 11) is 0. The Bertz CT molecular complexity index is 448. The normalized spacial score (nSPS) is 32.6. The van der Waals surface area contributed by atoms with Crippen LogP contribution < -0.4 is 0 Å². The van der Waals surface area contributed by atoms with Gasteiger partial charge in [0.15, 0.2) is 0 Å². The largest absolute Gasteiger partial charge is 0.207 e. The SMILES string of the molecule is C=C(C)C1[C@H](c2ccc(F)c(C)c2)C1(C)Cl. The number of halogens is 2. The van der Waals surface area contributed by atoms with Crippen molar-refractivity contribution in [2.75, 3.05) is 0 Å². The van der Waals surface area contributed by atoms with Gasteiger partial charge < -0.3 is 0 Å². The molecule has 2 heteroatoms. The van der Waals surface area contributed by atoms with E-state index in [0.717, 1.165) is 11.1 Å². The third kappa shape index (κ3) is 1.67. The van der Waals surface area contributed by atoms with E-state index in [0.29, 0.717) is 11.5 Å². The standard InChI is InChI=1S/C14H16ClF/c1-8(2)12-13(14(12,4)15)10-5-6-11(16)9(3)7-10/h5-7,12-13H,1H2,2-4H3/t12?,13-,14?/m0/s1. The molecule has 86 valence electrons. The van der Waals surface area contributed by atoms with E-state index in [9.17, 15) is 4.39 Å². The molecule has 0 amide bonds. The summed E-state index contributed by atoms with van der Waals surface area (Å²) in [6, 6.07) is 5.24. The second-order valence-electron chi connectivity index (χ2n) is 4.96. The monoisotopic (exact) mass is 238 g/mol. The zero-order valence-corrected chi connectivity index (χ0v) is 10.6. The van der Waals surface area contributed by atoms with Crippen LogP contribution in [0.25, 0.3) is 0 Å². The summed E-state index contributed by atoms with van der Waals surface area (Å²) >= 11 is 6.44. The molecule has 2 unspecified atom stereocenters. The van der Waals surface area contributed by atoms with Crippen LogP contribution in [-0.2, 0) is 0 Å². The van der Waals surface area contributed by atoms with Gasteiger partial charge in [-0.05, 0) is 38.0 Å². The molecule has 0 spiro atoms. The van der Waals surface area contributed by atoms with Gasteiger partial charge in [-0.15, -0.1) is 11.6 Å². The van der Waals surface area contributed by atoms with E-state index < -0.39 is 0 Å². The first kappa shape index (κ1) is 11.7. The summed E-state index contributed by atoms with van der Waals surface area (Å²) in [6.45, 7) is 9.78. The molecular weight excluding hydrogens is 223 g/mol. The third-order valence-corrected chi connectivity index (χ3v) is 3.98. The van der Waals surface area contributed by atoms with E-state index in [1.807, 2.05) is 26.0 Å². The van der Waals surface area contributed by atoms with Gasteiger partial charge in [0.2, 0.25) is 0 Å². The van der Waals surface area contributed by atoms with Gasteiger partial charge in [0.25, 0.3) is 0 Å². The van der Waals surface area contributed by atoms with Crippen molar-refractivity contribution >= 4 is 11.6 Å². The first-order chi connectivity index (χ1) is 7.35. The Kier molecular flexibility index (Phi) is 2.62. The van der Waals surface area contributed by atoms with Crippen molar-refractivity contribution in [2.45, 2.75) is 31.6 Å². The average Bonchev–Trinajstić information content (AvgIpc) is 2.74. The van der Waals surface area contributed by atoms with Gasteiger partial charge in [-0.25, -0.2) is 4.39 Å². The molecule has 0 N–H and O–H groups in total. The lowest BCUT2D eigenvalue weighted by Gasteiger charge is -2.03. The van der Waals surface area contributed by atoms with Crippen molar-refractivity contribution in [3.05, 3.63) is 47.3 Å². The van der Waals surface area contributed by atoms with Crippen LogP contribution in [0.4, 0.5) is 4.39 Å². The van der Waals surface area contributed by atoms with E-state index in [1.54, 1.807) is 6.92 Å². The van der Waals surface area contributed by atoms with Crippen LogP contribution in [0.5, 0.6) is 0 Å². The fourth-order valence-corrected chi connectivity index (χ4v) is 3.13. The number of rotatable bonds is 2. The molecular formula is C14H16ClF. The lowest BCUT2D eigenvalue weighted by molar-refractivity contribution is 0.617. The molecule has 0 aromatic heterocycles. The number of benzene rings is 1. The van der Waals surface area contributed by atoms with Crippen LogP contribution in [0.1, 0.15) is 30.9 Å². The molecule has 1 fully saturated rings. The highest BCUT2D eigenvalue weighted by Crippen LogP contribution is 2.64. The van der Waals surface area contributed by atoms with Crippen molar-refractivity contribution in [3.8, 4) is 0 Å². The minimum Gasteiger partial charge on any atom is -0.207 e. The Morgan fingerprint density at radius 3 is 2.56 bits per heavy atom. The molecule has 1 aliphatic carbocycles. The smallest absolute Gasteiger partial charge is 0.126 e. The van der Waals surface area contributed by atoms with Crippen molar-refractivity contribution < 1.29 is 4.39 Å². The van der Waals surface area contributed by atoms with Crippen LogP contribution in [-0.4, -0.2) is 4.87 Å². The van der Waals surface area contributed by atoms with Gasteiger partial charge in [0.1, 0.15) is 5.82 Å². The number of alkyl halides is 1. The number of aryl methyl sites for hydroxylation is 1. The Morgan fingerprint density at radius 1 is 1.50 bits per heavy atom. The predicted molar refractivity (Wildman–Crippen MR) is 66.4 cm³/mol. The summed E-state index contributed by atoms with van der Waals surface area (Å²) < 4.78 is 13.2.